The number of aromatic nitrogens is 1. The van der Waals surface area contributed by atoms with E-state index in [9.17, 15) is 9.59 Å². The molecule has 1 aliphatic heterocycles. The second-order valence-electron chi connectivity index (χ2n) is 7.39. The average molecular weight is 404 g/mol. The zero-order chi connectivity index (χ0) is 20.7. The van der Waals surface area contributed by atoms with Crippen molar-refractivity contribution in [2.45, 2.75) is 32.3 Å². The van der Waals surface area contributed by atoms with Crippen LogP contribution in [-0.2, 0) is 22.4 Å². The predicted molar refractivity (Wildman–Crippen MR) is 110 cm³/mol. The van der Waals surface area contributed by atoms with Crippen LogP contribution in [0.3, 0.4) is 0 Å². The van der Waals surface area contributed by atoms with Crippen LogP contribution in [0, 0.1) is 0 Å². The minimum atomic E-state index is -0.966. The SMILES string of the molecule is C[C@H](OC(=O)c1c2c(nc3ccccc13)CCC2)C(=O)Nc1ccc2c(c1)OCO2. The fourth-order valence-corrected chi connectivity index (χ4v) is 3.94. The second kappa shape index (κ2) is 7.33. The molecule has 0 bridgehead atoms. The van der Waals surface area contributed by atoms with Gasteiger partial charge in [0, 0.05) is 22.8 Å². The summed E-state index contributed by atoms with van der Waals surface area (Å²) < 4.78 is 16.2. The van der Waals surface area contributed by atoms with Crippen LogP contribution in [0.15, 0.2) is 42.5 Å². The fraction of sp³-hybridized carbons (Fsp3) is 0.261. The molecule has 5 rings (SSSR count). The van der Waals surface area contributed by atoms with Crippen molar-refractivity contribution in [1.82, 2.24) is 4.98 Å². The summed E-state index contributed by atoms with van der Waals surface area (Å²) in [7, 11) is 0. The molecule has 2 heterocycles. The zero-order valence-electron chi connectivity index (χ0n) is 16.4. The molecule has 0 unspecified atom stereocenters. The molecule has 0 spiro atoms. The quantitative estimate of drug-likeness (QED) is 0.668. The number of hydrogen-bond donors (Lipinski definition) is 1. The van der Waals surface area contributed by atoms with E-state index in [0.717, 1.165) is 41.4 Å². The number of nitrogens with zero attached hydrogens (tertiary/aromatic N) is 1. The monoisotopic (exact) mass is 404 g/mol. The largest absolute Gasteiger partial charge is 0.454 e. The van der Waals surface area contributed by atoms with Crippen molar-refractivity contribution in [2.75, 3.05) is 12.1 Å². The molecule has 1 N–H and O–H groups in total. The third-order valence-electron chi connectivity index (χ3n) is 5.42. The van der Waals surface area contributed by atoms with Gasteiger partial charge in [0.1, 0.15) is 0 Å². The highest BCUT2D eigenvalue weighted by Gasteiger charge is 2.27. The van der Waals surface area contributed by atoms with Gasteiger partial charge in [0.2, 0.25) is 6.79 Å². The van der Waals surface area contributed by atoms with E-state index in [-0.39, 0.29) is 6.79 Å². The summed E-state index contributed by atoms with van der Waals surface area (Å²) in [4.78, 5) is 30.4. The maximum atomic E-state index is 13.1. The smallest absolute Gasteiger partial charge is 0.339 e. The summed E-state index contributed by atoms with van der Waals surface area (Å²) in [5, 5.41) is 3.51. The number of carbonyl (C=O) groups is 2. The molecule has 0 radical (unpaired) electrons. The minimum Gasteiger partial charge on any atom is -0.454 e. The van der Waals surface area contributed by atoms with E-state index in [4.69, 9.17) is 14.2 Å². The van der Waals surface area contributed by atoms with Crippen molar-refractivity contribution in [3.63, 3.8) is 0 Å². The van der Waals surface area contributed by atoms with Crippen molar-refractivity contribution in [3.8, 4) is 11.5 Å². The van der Waals surface area contributed by atoms with Crippen LogP contribution in [0.5, 0.6) is 11.5 Å². The topological polar surface area (TPSA) is 86.8 Å². The van der Waals surface area contributed by atoms with Crippen molar-refractivity contribution in [2.24, 2.45) is 0 Å². The van der Waals surface area contributed by atoms with Gasteiger partial charge in [-0.25, -0.2) is 4.79 Å². The number of para-hydroxylation sites is 1. The zero-order valence-corrected chi connectivity index (χ0v) is 16.4. The van der Waals surface area contributed by atoms with Gasteiger partial charge >= 0.3 is 5.97 Å². The molecule has 3 aromatic rings. The summed E-state index contributed by atoms with van der Waals surface area (Å²) in [6, 6.07) is 12.6. The Kier molecular flexibility index (Phi) is 4.50. The summed E-state index contributed by atoms with van der Waals surface area (Å²) in [5.41, 5.74) is 3.71. The van der Waals surface area contributed by atoms with E-state index < -0.39 is 18.0 Å². The van der Waals surface area contributed by atoms with Gasteiger partial charge in [-0.1, -0.05) is 18.2 Å². The molecule has 0 saturated carbocycles. The second-order valence-corrected chi connectivity index (χ2v) is 7.39. The molecule has 2 aromatic carbocycles. The van der Waals surface area contributed by atoms with Gasteiger partial charge in [-0.05, 0) is 49.9 Å². The Morgan fingerprint density at radius 2 is 1.93 bits per heavy atom. The summed E-state index contributed by atoms with van der Waals surface area (Å²) in [5.74, 6) is 0.277. The lowest BCUT2D eigenvalue weighted by Gasteiger charge is -2.16. The van der Waals surface area contributed by atoms with Crippen molar-refractivity contribution < 1.29 is 23.8 Å². The molecule has 1 atom stereocenters. The molecule has 1 aliphatic carbocycles. The normalized spacial score (nSPS) is 15.0. The lowest BCUT2D eigenvalue weighted by molar-refractivity contribution is -0.123. The van der Waals surface area contributed by atoms with Crippen LogP contribution < -0.4 is 14.8 Å². The Hall–Kier alpha value is -3.61. The minimum absolute atomic E-state index is 0.158. The molecular formula is C23H20N2O5. The van der Waals surface area contributed by atoms with Crippen LogP contribution >= 0.6 is 0 Å². The van der Waals surface area contributed by atoms with Gasteiger partial charge in [-0.15, -0.1) is 0 Å². The third-order valence-corrected chi connectivity index (χ3v) is 5.42. The first-order valence-corrected chi connectivity index (χ1v) is 9.92. The lowest BCUT2D eigenvalue weighted by atomic mass is 10.0. The molecule has 0 fully saturated rings. The first-order chi connectivity index (χ1) is 14.6. The number of amides is 1. The highest BCUT2D eigenvalue weighted by Crippen LogP contribution is 2.34. The van der Waals surface area contributed by atoms with E-state index in [2.05, 4.69) is 10.3 Å². The number of aryl methyl sites for hydroxylation is 1. The Labute approximate surface area is 173 Å². The number of carbonyl (C=O) groups excluding carboxylic acids is 2. The fourth-order valence-electron chi connectivity index (χ4n) is 3.94. The molecule has 1 amide bonds. The van der Waals surface area contributed by atoms with Crippen molar-refractivity contribution >= 4 is 28.5 Å². The number of rotatable bonds is 4. The highest BCUT2D eigenvalue weighted by molar-refractivity contribution is 6.06. The molecular weight excluding hydrogens is 384 g/mol. The van der Waals surface area contributed by atoms with Crippen LogP contribution in [0.25, 0.3) is 10.9 Å². The molecule has 152 valence electrons. The number of nitrogens with one attached hydrogen (secondary N) is 1. The van der Waals surface area contributed by atoms with Gasteiger partial charge in [0.25, 0.3) is 5.91 Å². The standard InChI is InChI=1S/C23H20N2O5/c1-13(22(26)24-14-9-10-19-20(11-14)29-12-28-19)30-23(27)21-15-5-2-3-7-17(15)25-18-8-4-6-16(18)21/h2-3,5,7,9-11,13H,4,6,8,12H2,1H3,(H,24,26)/t13-/m0/s1. The summed E-state index contributed by atoms with van der Waals surface area (Å²) in [6.45, 7) is 1.72. The summed E-state index contributed by atoms with van der Waals surface area (Å²) in [6.07, 6.45) is 1.63. The van der Waals surface area contributed by atoms with Crippen molar-refractivity contribution in [3.05, 3.63) is 59.3 Å². The van der Waals surface area contributed by atoms with Gasteiger partial charge in [0.15, 0.2) is 17.6 Å². The van der Waals surface area contributed by atoms with Crippen LogP contribution in [0.1, 0.15) is 35.0 Å². The van der Waals surface area contributed by atoms with E-state index in [0.29, 0.717) is 22.7 Å². The van der Waals surface area contributed by atoms with Gasteiger partial charge in [-0.3, -0.25) is 9.78 Å². The number of ether oxygens (including phenoxy) is 3. The third kappa shape index (κ3) is 3.22. The average Bonchev–Trinajstić information content (AvgIpc) is 3.40. The lowest BCUT2D eigenvalue weighted by Crippen LogP contribution is -2.30. The van der Waals surface area contributed by atoms with E-state index in [1.54, 1.807) is 25.1 Å². The highest BCUT2D eigenvalue weighted by atomic mass is 16.7. The van der Waals surface area contributed by atoms with Gasteiger partial charge in [-0.2, -0.15) is 0 Å². The number of hydrogen-bond acceptors (Lipinski definition) is 6. The Balaban J connectivity index is 1.36. The molecule has 2 aliphatic rings. The Bertz CT molecular complexity index is 1170. The first kappa shape index (κ1) is 18.4. The van der Waals surface area contributed by atoms with Crippen molar-refractivity contribution in [1.29, 1.82) is 0 Å². The number of pyridine rings is 1. The maximum absolute atomic E-state index is 13.1. The van der Waals surface area contributed by atoms with Crippen LogP contribution in [0.4, 0.5) is 5.69 Å². The Morgan fingerprint density at radius 3 is 2.83 bits per heavy atom. The van der Waals surface area contributed by atoms with E-state index in [1.807, 2.05) is 24.3 Å². The van der Waals surface area contributed by atoms with E-state index in [1.165, 1.54) is 0 Å². The van der Waals surface area contributed by atoms with E-state index >= 15 is 0 Å². The number of anilines is 1. The van der Waals surface area contributed by atoms with Crippen LogP contribution in [-0.4, -0.2) is 29.8 Å². The molecule has 1 aromatic heterocycles. The first-order valence-electron chi connectivity index (χ1n) is 9.92. The van der Waals surface area contributed by atoms with Gasteiger partial charge in [0.05, 0.1) is 11.1 Å². The predicted octanol–water partition coefficient (Wildman–Crippen LogP) is 3.64. The molecule has 0 saturated heterocycles. The molecule has 7 nitrogen and oxygen atoms in total. The maximum Gasteiger partial charge on any atom is 0.339 e. The Morgan fingerprint density at radius 1 is 1.10 bits per heavy atom. The molecule has 30 heavy (non-hydrogen) atoms. The number of fused-ring (bicyclic) bond motifs is 3. The number of benzene rings is 2. The van der Waals surface area contributed by atoms with Gasteiger partial charge < -0.3 is 19.5 Å². The summed E-state index contributed by atoms with van der Waals surface area (Å²) >= 11 is 0. The van der Waals surface area contributed by atoms with Crippen LogP contribution in [0.2, 0.25) is 0 Å². The number of esters is 1. The molecule has 7 heteroatoms.